The smallest absolute Gasteiger partial charge is 0.161 e. The zero-order chi connectivity index (χ0) is 14.2. The van der Waals surface area contributed by atoms with Crippen LogP contribution in [0.15, 0.2) is 12.4 Å². The standard InChI is InChI=1S/C16H22N4/c1-12(2)15-16(6-4-3-5-7-16)11-20(15)14-10-18-9-13(8-17)19-14/h9-10,12,15H,3-7,11H2,1-2H3. The minimum absolute atomic E-state index is 0.412. The maximum atomic E-state index is 8.98. The maximum Gasteiger partial charge on any atom is 0.161 e. The van der Waals surface area contributed by atoms with Crippen molar-refractivity contribution in [3.8, 4) is 6.07 Å². The molecule has 2 aliphatic rings. The Morgan fingerprint density at radius 3 is 2.70 bits per heavy atom. The molecule has 1 aliphatic heterocycles. The van der Waals surface area contributed by atoms with Crippen LogP contribution in [0.25, 0.3) is 0 Å². The second-order valence-corrected chi connectivity index (χ2v) is 6.61. The van der Waals surface area contributed by atoms with E-state index in [0.29, 0.717) is 23.1 Å². The number of aromatic nitrogens is 2. The minimum Gasteiger partial charge on any atom is -0.351 e. The molecule has 4 heteroatoms. The third kappa shape index (κ3) is 2.06. The Morgan fingerprint density at radius 1 is 1.30 bits per heavy atom. The molecular formula is C16H22N4. The summed E-state index contributed by atoms with van der Waals surface area (Å²) in [5, 5.41) is 8.98. The molecule has 0 radical (unpaired) electrons. The number of nitrogens with zero attached hydrogens (tertiary/aromatic N) is 4. The van der Waals surface area contributed by atoms with Crippen LogP contribution in [-0.2, 0) is 0 Å². The van der Waals surface area contributed by atoms with Gasteiger partial charge in [0.1, 0.15) is 11.9 Å². The summed E-state index contributed by atoms with van der Waals surface area (Å²) >= 11 is 0. The summed E-state index contributed by atoms with van der Waals surface area (Å²) in [6.07, 6.45) is 10.1. The molecule has 2 heterocycles. The van der Waals surface area contributed by atoms with E-state index < -0.39 is 0 Å². The van der Waals surface area contributed by atoms with E-state index in [9.17, 15) is 0 Å². The quantitative estimate of drug-likeness (QED) is 0.828. The van der Waals surface area contributed by atoms with Gasteiger partial charge in [0.25, 0.3) is 0 Å². The fourth-order valence-corrected chi connectivity index (χ4v) is 4.30. The van der Waals surface area contributed by atoms with Crippen LogP contribution in [0.1, 0.15) is 51.6 Å². The largest absolute Gasteiger partial charge is 0.351 e. The van der Waals surface area contributed by atoms with Crippen molar-refractivity contribution in [3.05, 3.63) is 18.1 Å². The fourth-order valence-electron chi connectivity index (χ4n) is 4.30. The van der Waals surface area contributed by atoms with Gasteiger partial charge >= 0.3 is 0 Å². The molecule has 4 nitrogen and oxygen atoms in total. The Labute approximate surface area is 120 Å². The van der Waals surface area contributed by atoms with Gasteiger partial charge in [0.15, 0.2) is 5.69 Å². The van der Waals surface area contributed by atoms with Crippen molar-refractivity contribution < 1.29 is 0 Å². The first-order valence-electron chi connectivity index (χ1n) is 7.65. The van der Waals surface area contributed by atoms with Crippen LogP contribution in [0.2, 0.25) is 0 Å². The van der Waals surface area contributed by atoms with Crippen molar-refractivity contribution in [3.63, 3.8) is 0 Å². The van der Waals surface area contributed by atoms with Crippen LogP contribution < -0.4 is 4.90 Å². The first kappa shape index (κ1) is 13.4. The lowest BCUT2D eigenvalue weighted by Gasteiger charge is -2.61. The SMILES string of the molecule is CC(C)C1N(c2cncc(C#N)n2)CC12CCCCC2. The molecule has 0 amide bonds. The Morgan fingerprint density at radius 2 is 2.05 bits per heavy atom. The molecule has 1 aromatic heterocycles. The van der Waals surface area contributed by atoms with E-state index in [1.165, 1.54) is 38.3 Å². The highest BCUT2D eigenvalue weighted by molar-refractivity contribution is 5.46. The second-order valence-electron chi connectivity index (χ2n) is 6.61. The van der Waals surface area contributed by atoms with Gasteiger partial charge in [-0.3, -0.25) is 4.98 Å². The van der Waals surface area contributed by atoms with Gasteiger partial charge in [0.2, 0.25) is 0 Å². The van der Waals surface area contributed by atoms with Crippen LogP contribution >= 0.6 is 0 Å². The number of anilines is 1. The molecule has 1 unspecified atom stereocenters. The third-order valence-electron chi connectivity index (χ3n) is 4.96. The van der Waals surface area contributed by atoms with Gasteiger partial charge in [-0.25, -0.2) is 4.98 Å². The molecule has 3 rings (SSSR count). The summed E-state index contributed by atoms with van der Waals surface area (Å²) in [5.74, 6) is 1.48. The number of hydrogen-bond acceptors (Lipinski definition) is 4. The highest BCUT2D eigenvalue weighted by Gasteiger charge is 2.53. The molecular weight excluding hydrogens is 248 g/mol. The number of rotatable bonds is 2. The van der Waals surface area contributed by atoms with Crippen molar-refractivity contribution in [1.82, 2.24) is 9.97 Å². The van der Waals surface area contributed by atoms with Crippen LogP contribution in [0.5, 0.6) is 0 Å². The van der Waals surface area contributed by atoms with Crippen LogP contribution in [0.3, 0.4) is 0 Å². The molecule has 1 atom stereocenters. The van der Waals surface area contributed by atoms with Crippen molar-refractivity contribution in [2.24, 2.45) is 11.3 Å². The lowest BCUT2D eigenvalue weighted by atomic mass is 9.60. The molecule has 1 aromatic rings. The third-order valence-corrected chi connectivity index (χ3v) is 4.96. The lowest BCUT2D eigenvalue weighted by molar-refractivity contribution is 0.0462. The van der Waals surface area contributed by atoms with Gasteiger partial charge in [-0.1, -0.05) is 33.1 Å². The predicted octanol–water partition coefficient (Wildman–Crippen LogP) is 3.14. The summed E-state index contributed by atoms with van der Waals surface area (Å²) in [6.45, 7) is 5.68. The fraction of sp³-hybridized carbons (Fsp3) is 0.688. The van der Waals surface area contributed by atoms with Crippen LogP contribution in [-0.4, -0.2) is 22.6 Å². The van der Waals surface area contributed by atoms with E-state index >= 15 is 0 Å². The molecule has 106 valence electrons. The monoisotopic (exact) mass is 270 g/mol. The Balaban J connectivity index is 1.86. The van der Waals surface area contributed by atoms with Crippen molar-refractivity contribution in [2.45, 2.75) is 52.0 Å². The summed E-state index contributed by atoms with van der Waals surface area (Å²) in [4.78, 5) is 11.0. The summed E-state index contributed by atoms with van der Waals surface area (Å²) < 4.78 is 0. The molecule has 1 saturated carbocycles. The highest BCUT2D eigenvalue weighted by Crippen LogP contribution is 2.52. The topological polar surface area (TPSA) is 52.8 Å². The van der Waals surface area contributed by atoms with Gasteiger partial charge in [-0.2, -0.15) is 5.26 Å². The van der Waals surface area contributed by atoms with Gasteiger partial charge in [-0.05, 0) is 18.8 Å². The minimum atomic E-state index is 0.412. The van der Waals surface area contributed by atoms with Crippen LogP contribution in [0, 0.1) is 22.7 Å². The lowest BCUT2D eigenvalue weighted by Crippen LogP contribution is -2.67. The van der Waals surface area contributed by atoms with Gasteiger partial charge in [0, 0.05) is 18.0 Å². The molecule has 0 N–H and O–H groups in total. The van der Waals surface area contributed by atoms with Gasteiger partial charge < -0.3 is 4.90 Å². The predicted molar refractivity (Wildman–Crippen MR) is 78.2 cm³/mol. The van der Waals surface area contributed by atoms with Crippen molar-refractivity contribution in [1.29, 1.82) is 5.26 Å². The second kappa shape index (κ2) is 5.05. The molecule has 1 spiro atoms. The number of nitriles is 1. The highest BCUT2D eigenvalue weighted by atomic mass is 15.3. The zero-order valence-electron chi connectivity index (χ0n) is 12.3. The normalized spacial score (nSPS) is 24.5. The Bertz CT molecular complexity index is 526. The Kier molecular flexibility index (Phi) is 3.37. The molecule has 1 aliphatic carbocycles. The average molecular weight is 270 g/mol. The van der Waals surface area contributed by atoms with Crippen molar-refractivity contribution >= 4 is 5.82 Å². The zero-order valence-corrected chi connectivity index (χ0v) is 12.3. The van der Waals surface area contributed by atoms with E-state index in [0.717, 1.165) is 12.4 Å². The first-order valence-corrected chi connectivity index (χ1v) is 7.65. The molecule has 1 saturated heterocycles. The number of hydrogen-bond donors (Lipinski definition) is 0. The van der Waals surface area contributed by atoms with Gasteiger partial charge in [0.05, 0.1) is 12.4 Å². The van der Waals surface area contributed by atoms with E-state index in [4.69, 9.17) is 5.26 Å². The van der Waals surface area contributed by atoms with E-state index in [2.05, 4.69) is 34.8 Å². The van der Waals surface area contributed by atoms with E-state index in [1.807, 2.05) is 0 Å². The average Bonchev–Trinajstić information content (AvgIpc) is 2.45. The first-order chi connectivity index (χ1) is 9.66. The maximum absolute atomic E-state index is 8.98. The molecule has 20 heavy (non-hydrogen) atoms. The molecule has 2 fully saturated rings. The summed E-state index contributed by atoms with van der Waals surface area (Å²) in [7, 11) is 0. The molecule has 0 aromatic carbocycles. The van der Waals surface area contributed by atoms with Crippen LogP contribution in [0.4, 0.5) is 5.82 Å². The van der Waals surface area contributed by atoms with E-state index in [1.54, 1.807) is 6.20 Å². The summed E-state index contributed by atoms with van der Waals surface area (Å²) in [6, 6.07) is 2.63. The van der Waals surface area contributed by atoms with Crippen molar-refractivity contribution in [2.75, 3.05) is 11.4 Å². The Hall–Kier alpha value is -1.63. The molecule has 0 bridgehead atoms. The summed E-state index contributed by atoms with van der Waals surface area (Å²) in [5.41, 5.74) is 0.895. The van der Waals surface area contributed by atoms with E-state index in [-0.39, 0.29) is 0 Å². The van der Waals surface area contributed by atoms with Gasteiger partial charge in [-0.15, -0.1) is 0 Å².